The highest BCUT2D eigenvalue weighted by atomic mass is 15.7. The van der Waals surface area contributed by atoms with Gasteiger partial charge < -0.3 is 0 Å². The van der Waals surface area contributed by atoms with Crippen LogP contribution in [0.15, 0.2) is 30.3 Å². The van der Waals surface area contributed by atoms with Gasteiger partial charge in [-0.15, -0.1) is 0 Å². The minimum atomic E-state index is 0.459. The van der Waals surface area contributed by atoms with Crippen molar-refractivity contribution in [2.45, 2.75) is 6.17 Å². The molecule has 10 heavy (non-hydrogen) atoms. The van der Waals surface area contributed by atoms with Gasteiger partial charge in [-0.3, -0.25) is 0 Å². The van der Waals surface area contributed by atoms with Gasteiger partial charge in [0.25, 0.3) is 0 Å². The first-order valence-electron chi connectivity index (χ1n) is 3.42. The number of nitrogens with one attached hydrogen (secondary N) is 1. The van der Waals surface area contributed by atoms with E-state index in [2.05, 4.69) is 34.7 Å². The minimum Gasteiger partial charge on any atom is -0.231 e. The Labute approximate surface area is 60.4 Å². The van der Waals surface area contributed by atoms with Crippen molar-refractivity contribution in [3.63, 3.8) is 0 Å². The van der Waals surface area contributed by atoms with E-state index >= 15 is 0 Å². The molecule has 0 bridgehead atoms. The van der Waals surface area contributed by atoms with Gasteiger partial charge >= 0.3 is 0 Å². The van der Waals surface area contributed by atoms with Crippen LogP contribution in [0.2, 0.25) is 0 Å². The van der Waals surface area contributed by atoms with Crippen LogP contribution in [0.25, 0.3) is 0 Å². The van der Waals surface area contributed by atoms with Gasteiger partial charge in [-0.25, -0.2) is 10.4 Å². The van der Waals surface area contributed by atoms with Gasteiger partial charge in [-0.1, -0.05) is 30.3 Å². The minimum absolute atomic E-state index is 0.459. The lowest BCUT2D eigenvalue weighted by molar-refractivity contribution is 0.597. The molecule has 0 aromatic heterocycles. The Hall–Kier alpha value is -0.860. The van der Waals surface area contributed by atoms with Gasteiger partial charge in [0, 0.05) is 7.05 Å². The molecule has 0 radical (unpaired) electrons. The average molecular weight is 134 g/mol. The van der Waals surface area contributed by atoms with Crippen LogP contribution in [0.5, 0.6) is 0 Å². The lowest BCUT2D eigenvalue weighted by atomic mass is 10.2. The Balaban J connectivity index is 2.20. The second-order valence-electron chi connectivity index (χ2n) is 2.55. The van der Waals surface area contributed by atoms with E-state index in [9.17, 15) is 0 Å². The lowest BCUT2D eigenvalue weighted by Crippen LogP contribution is -1.86. The number of benzene rings is 1. The predicted octanol–water partition coefficient (Wildman–Crippen LogP) is 1.14. The molecule has 2 heteroatoms. The summed E-state index contributed by atoms with van der Waals surface area (Å²) < 4.78 is 0. The SMILES string of the molecule is CN1NC1c1ccccc1. The lowest BCUT2D eigenvalue weighted by Gasteiger charge is -1.92. The summed E-state index contributed by atoms with van der Waals surface area (Å²) in [4.78, 5) is 0. The van der Waals surface area contributed by atoms with E-state index in [1.165, 1.54) is 5.56 Å². The van der Waals surface area contributed by atoms with Crippen LogP contribution in [-0.4, -0.2) is 12.1 Å². The summed E-state index contributed by atoms with van der Waals surface area (Å²) >= 11 is 0. The first kappa shape index (κ1) is 5.89. The van der Waals surface area contributed by atoms with E-state index in [4.69, 9.17) is 0 Å². The standard InChI is InChI=1S/C8H10N2/c1-10-8(9-10)7-5-3-2-4-6-7/h2-6,8-9H,1H3. The van der Waals surface area contributed by atoms with Crippen LogP contribution >= 0.6 is 0 Å². The van der Waals surface area contributed by atoms with Crippen molar-refractivity contribution >= 4 is 0 Å². The fraction of sp³-hybridized carbons (Fsp3) is 0.250. The maximum atomic E-state index is 3.18. The molecule has 0 amide bonds. The summed E-state index contributed by atoms with van der Waals surface area (Å²) in [6.45, 7) is 0. The normalized spacial score (nSPS) is 30.1. The Morgan fingerprint density at radius 3 is 2.40 bits per heavy atom. The van der Waals surface area contributed by atoms with Crippen LogP contribution < -0.4 is 5.43 Å². The molecule has 2 unspecified atom stereocenters. The topological polar surface area (TPSA) is 25.0 Å². The maximum Gasteiger partial charge on any atom is 0.112 e. The third-order valence-corrected chi connectivity index (χ3v) is 1.76. The zero-order chi connectivity index (χ0) is 6.97. The van der Waals surface area contributed by atoms with Gasteiger partial charge in [0.05, 0.1) is 0 Å². The Morgan fingerprint density at radius 1 is 1.30 bits per heavy atom. The number of rotatable bonds is 1. The van der Waals surface area contributed by atoms with E-state index in [1.54, 1.807) is 0 Å². The van der Waals surface area contributed by atoms with Crippen molar-refractivity contribution in [1.82, 2.24) is 10.4 Å². The molecule has 0 saturated carbocycles. The molecule has 1 fully saturated rings. The Bertz CT molecular complexity index is 220. The molecule has 2 rings (SSSR count). The average Bonchev–Trinajstić information content (AvgIpc) is 2.69. The van der Waals surface area contributed by atoms with E-state index in [0.717, 1.165) is 0 Å². The zero-order valence-corrected chi connectivity index (χ0v) is 5.91. The molecule has 1 saturated heterocycles. The van der Waals surface area contributed by atoms with Crippen LogP contribution in [0, 0.1) is 0 Å². The number of hydrogen-bond donors (Lipinski definition) is 1. The van der Waals surface area contributed by atoms with Crippen LogP contribution in [0.3, 0.4) is 0 Å². The molecule has 1 heterocycles. The third kappa shape index (κ3) is 0.916. The van der Waals surface area contributed by atoms with Gasteiger partial charge in [0.15, 0.2) is 0 Å². The molecule has 1 aromatic rings. The van der Waals surface area contributed by atoms with Crippen molar-refractivity contribution in [3.8, 4) is 0 Å². The third-order valence-electron chi connectivity index (χ3n) is 1.76. The summed E-state index contributed by atoms with van der Waals surface area (Å²) in [5.41, 5.74) is 4.52. The van der Waals surface area contributed by atoms with Gasteiger partial charge in [-0.2, -0.15) is 0 Å². The molecule has 1 N–H and O–H groups in total. The highest BCUT2D eigenvalue weighted by Crippen LogP contribution is 2.24. The van der Waals surface area contributed by atoms with Crippen molar-refractivity contribution < 1.29 is 0 Å². The van der Waals surface area contributed by atoms with Gasteiger partial charge in [0.2, 0.25) is 0 Å². The first-order chi connectivity index (χ1) is 4.88. The van der Waals surface area contributed by atoms with Crippen molar-refractivity contribution in [2.24, 2.45) is 0 Å². The molecule has 1 aromatic carbocycles. The van der Waals surface area contributed by atoms with Crippen molar-refractivity contribution in [1.29, 1.82) is 0 Å². The van der Waals surface area contributed by atoms with E-state index in [-0.39, 0.29) is 0 Å². The highest BCUT2D eigenvalue weighted by Gasteiger charge is 2.29. The van der Waals surface area contributed by atoms with Crippen molar-refractivity contribution in [2.75, 3.05) is 7.05 Å². The summed E-state index contributed by atoms with van der Waals surface area (Å²) in [6.07, 6.45) is 0.459. The number of nitrogens with zero attached hydrogens (tertiary/aromatic N) is 1. The summed E-state index contributed by atoms with van der Waals surface area (Å²) in [5.74, 6) is 0. The summed E-state index contributed by atoms with van der Waals surface area (Å²) in [5, 5.41) is 2.08. The fourth-order valence-corrected chi connectivity index (χ4v) is 1.09. The van der Waals surface area contributed by atoms with Crippen molar-refractivity contribution in [3.05, 3.63) is 35.9 Å². The zero-order valence-electron chi connectivity index (χ0n) is 5.91. The largest absolute Gasteiger partial charge is 0.231 e. The molecule has 0 aliphatic carbocycles. The molecular weight excluding hydrogens is 124 g/mol. The molecule has 52 valence electrons. The van der Waals surface area contributed by atoms with E-state index < -0.39 is 0 Å². The smallest absolute Gasteiger partial charge is 0.112 e. The van der Waals surface area contributed by atoms with E-state index in [0.29, 0.717) is 6.17 Å². The molecule has 1 aliphatic rings. The monoisotopic (exact) mass is 134 g/mol. The highest BCUT2D eigenvalue weighted by molar-refractivity contribution is 5.20. The number of hydrogen-bond acceptors (Lipinski definition) is 2. The Morgan fingerprint density at radius 2 is 1.90 bits per heavy atom. The molecular formula is C8H10N2. The predicted molar refractivity (Wildman–Crippen MR) is 40.1 cm³/mol. The number of hydrazine groups is 1. The van der Waals surface area contributed by atoms with E-state index in [1.807, 2.05) is 13.1 Å². The first-order valence-corrected chi connectivity index (χ1v) is 3.42. The molecule has 2 nitrogen and oxygen atoms in total. The molecule has 0 spiro atoms. The summed E-state index contributed by atoms with van der Waals surface area (Å²) in [7, 11) is 2.04. The molecule has 2 atom stereocenters. The maximum absolute atomic E-state index is 3.18. The Kier molecular flexibility index (Phi) is 1.22. The second-order valence-corrected chi connectivity index (χ2v) is 2.55. The van der Waals surface area contributed by atoms with Crippen LogP contribution in [0.4, 0.5) is 0 Å². The van der Waals surface area contributed by atoms with Gasteiger partial charge in [-0.05, 0) is 5.56 Å². The van der Waals surface area contributed by atoms with Crippen LogP contribution in [-0.2, 0) is 0 Å². The summed E-state index contributed by atoms with van der Waals surface area (Å²) in [6, 6.07) is 10.4. The second kappa shape index (κ2) is 2.08. The molecule has 1 aliphatic heterocycles. The quantitative estimate of drug-likeness (QED) is 0.582. The fourth-order valence-electron chi connectivity index (χ4n) is 1.09. The van der Waals surface area contributed by atoms with Crippen LogP contribution in [0.1, 0.15) is 11.7 Å². The van der Waals surface area contributed by atoms with Gasteiger partial charge in [0.1, 0.15) is 6.17 Å².